The first kappa shape index (κ1) is 50.4. The SMILES string of the molecule is Cc1ncsc1-c1ccc(CNC(=O)[C@@H]2C[C@@H](O)CN2C(=O)[C@@H](NC(=O)CCCCCCCN2CCN(C(=O)c3ccc(Nc4nc(C5CC5)cn5c(-c6cn[nH]c6)cnc45)c(F)c3)CC2)C(C)(C)C)cc1. The molecule has 6 aromatic rings. The van der Waals surface area contributed by atoms with Crippen LogP contribution in [0.2, 0.25) is 0 Å². The van der Waals surface area contributed by atoms with E-state index in [1.165, 1.54) is 11.0 Å². The van der Waals surface area contributed by atoms with Crippen molar-refractivity contribution >= 4 is 52.1 Å². The normalized spacial score (nSPS) is 17.9. The molecule has 4 amide bonds. The minimum Gasteiger partial charge on any atom is -0.391 e. The number of hydrogen-bond donors (Lipinski definition) is 5. The summed E-state index contributed by atoms with van der Waals surface area (Å²) in [6, 6.07) is 10.7. The number of halogens is 1. The van der Waals surface area contributed by atoms with Crippen LogP contribution in [0.5, 0.6) is 0 Å². The Morgan fingerprint density at radius 1 is 0.944 bits per heavy atom. The number of aliphatic hydroxyl groups is 1. The number of aromatic amines is 1. The van der Waals surface area contributed by atoms with Crippen LogP contribution in [0.15, 0.2) is 72.8 Å². The molecule has 0 spiro atoms. The number of fused-ring (bicyclic) bond motifs is 1. The van der Waals surface area contributed by atoms with Crippen LogP contribution in [-0.2, 0) is 20.9 Å². The van der Waals surface area contributed by atoms with E-state index in [9.17, 15) is 24.3 Å². The zero-order valence-electron chi connectivity index (χ0n) is 41.5. The lowest BCUT2D eigenvalue weighted by molar-refractivity contribution is -0.144. The number of rotatable bonds is 19. The molecule has 1 saturated carbocycles. The van der Waals surface area contributed by atoms with Crippen molar-refractivity contribution in [2.75, 3.05) is 44.6 Å². The molecule has 2 saturated heterocycles. The second-order valence-corrected chi connectivity index (χ2v) is 21.4. The maximum absolute atomic E-state index is 15.7. The van der Waals surface area contributed by atoms with E-state index in [0.717, 1.165) is 96.8 Å². The molecule has 3 fully saturated rings. The van der Waals surface area contributed by atoms with Gasteiger partial charge in [-0.1, -0.05) is 64.3 Å². The Labute approximate surface area is 423 Å². The van der Waals surface area contributed by atoms with E-state index in [0.29, 0.717) is 42.5 Å². The number of imidazole rings is 1. The molecule has 17 nitrogen and oxygen atoms in total. The topological polar surface area (TPSA) is 206 Å². The van der Waals surface area contributed by atoms with Gasteiger partial charge < -0.3 is 30.9 Å². The second kappa shape index (κ2) is 22.0. The van der Waals surface area contributed by atoms with E-state index in [1.54, 1.807) is 47.0 Å². The number of aliphatic hydroxyl groups excluding tert-OH is 1. The first-order valence-electron chi connectivity index (χ1n) is 25.2. The minimum absolute atomic E-state index is 0.0198. The fourth-order valence-corrected chi connectivity index (χ4v) is 10.5. The standard InChI is InChI=1S/C53H65FN12O5S/c1-33-46(72-32-57-33)36-13-11-34(12-14-36)26-56-50(69)43-25-39(67)30-66(43)52(71)47(53(2,3)4)62-45(68)10-8-6-5-7-9-19-63-20-22-64(23-21-63)51(70)37-17-18-41(40(54)24-37)60-48-49-55-29-44(38-27-58-59-28-38)65(49)31-42(61-48)35-15-16-35/h11-14,17-18,24,27-29,31-32,35,39,43,47,67H,5-10,15-16,19-23,25-26,30H2,1-4H3,(H,56,69)(H,58,59)(H,60,61)(H,62,68)/t39-,43+,47-/m1/s1. The highest BCUT2D eigenvalue weighted by molar-refractivity contribution is 7.13. The predicted octanol–water partition coefficient (Wildman–Crippen LogP) is 7.22. The number of aromatic nitrogens is 6. The average molecular weight is 1000 g/mol. The van der Waals surface area contributed by atoms with Gasteiger partial charge >= 0.3 is 0 Å². The van der Waals surface area contributed by atoms with Crippen LogP contribution >= 0.6 is 11.3 Å². The van der Waals surface area contributed by atoms with Crippen LogP contribution in [0.3, 0.4) is 0 Å². The molecule has 380 valence electrons. The highest BCUT2D eigenvalue weighted by Gasteiger charge is 2.44. The van der Waals surface area contributed by atoms with Crippen molar-refractivity contribution in [3.63, 3.8) is 0 Å². The molecular weight excluding hydrogens is 936 g/mol. The minimum atomic E-state index is -0.871. The van der Waals surface area contributed by atoms with E-state index in [2.05, 4.69) is 41.0 Å². The van der Waals surface area contributed by atoms with Gasteiger partial charge in [0.1, 0.15) is 17.9 Å². The number of nitrogens with one attached hydrogen (secondary N) is 4. The van der Waals surface area contributed by atoms with Gasteiger partial charge in [0, 0.05) is 81.5 Å². The quantitative estimate of drug-likeness (QED) is 0.0513. The van der Waals surface area contributed by atoms with Gasteiger partial charge in [-0.3, -0.25) is 33.6 Å². The first-order valence-corrected chi connectivity index (χ1v) is 26.1. The second-order valence-electron chi connectivity index (χ2n) is 20.5. The van der Waals surface area contributed by atoms with Crippen molar-refractivity contribution < 1.29 is 28.7 Å². The number of anilines is 2. The molecule has 1 aliphatic carbocycles. The number of carbonyl (C=O) groups excluding carboxylic acids is 4. The van der Waals surface area contributed by atoms with Gasteiger partial charge in [0.15, 0.2) is 11.5 Å². The number of piperazine rings is 1. The number of hydrogen-bond acceptors (Lipinski definition) is 12. The zero-order valence-corrected chi connectivity index (χ0v) is 42.3. The van der Waals surface area contributed by atoms with Gasteiger partial charge in [0.05, 0.1) is 51.7 Å². The Bertz CT molecular complexity index is 2870. The lowest BCUT2D eigenvalue weighted by Gasteiger charge is -2.35. The number of thiazole rings is 1. The summed E-state index contributed by atoms with van der Waals surface area (Å²) in [4.78, 5) is 74.7. The molecule has 72 heavy (non-hydrogen) atoms. The molecular formula is C53H65FN12O5S. The maximum Gasteiger partial charge on any atom is 0.254 e. The summed E-state index contributed by atoms with van der Waals surface area (Å²) < 4.78 is 17.6. The molecule has 5 N–H and O–H groups in total. The monoisotopic (exact) mass is 1000 g/mol. The van der Waals surface area contributed by atoms with Crippen LogP contribution in [-0.4, -0.2) is 130 Å². The molecule has 4 aromatic heterocycles. The highest BCUT2D eigenvalue weighted by atomic mass is 32.1. The number of H-pyrrole nitrogens is 1. The van der Waals surface area contributed by atoms with Crippen LogP contribution in [0, 0.1) is 18.2 Å². The summed E-state index contributed by atoms with van der Waals surface area (Å²) in [6.45, 7) is 11.4. The third kappa shape index (κ3) is 11.9. The van der Waals surface area contributed by atoms with Crippen LogP contribution in [0.25, 0.3) is 27.3 Å². The van der Waals surface area contributed by atoms with Crippen molar-refractivity contribution in [2.24, 2.45) is 5.41 Å². The fourth-order valence-electron chi connectivity index (χ4n) is 9.67. The van der Waals surface area contributed by atoms with Crippen LogP contribution in [0.4, 0.5) is 15.9 Å². The average Bonchev–Trinajstić information content (AvgIpc) is 3.68. The van der Waals surface area contributed by atoms with E-state index in [4.69, 9.17) is 4.98 Å². The lowest BCUT2D eigenvalue weighted by atomic mass is 9.85. The Morgan fingerprint density at radius 2 is 1.71 bits per heavy atom. The molecule has 2 aromatic carbocycles. The van der Waals surface area contributed by atoms with Gasteiger partial charge in [0.25, 0.3) is 5.91 Å². The number of β-amino-alcohol motifs (C(OH)–C–C–N with tert-alkyl or cyclic N) is 1. The summed E-state index contributed by atoms with van der Waals surface area (Å²) in [6.07, 6.45) is 13.4. The summed E-state index contributed by atoms with van der Waals surface area (Å²) in [5, 5.41) is 26.6. The third-order valence-corrected chi connectivity index (χ3v) is 15.0. The van der Waals surface area contributed by atoms with E-state index in [-0.39, 0.29) is 55.2 Å². The molecule has 19 heteroatoms. The molecule has 0 bridgehead atoms. The Hall–Kier alpha value is -6.57. The summed E-state index contributed by atoms with van der Waals surface area (Å²) in [5.74, 6) is -0.877. The highest BCUT2D eigenvalue weighted by Crippen LogP contribution is 2.41. The fraction of sp³-hybridized carbons (Fsp3) is 0.472. The van der Waals surface area contributed by atoms with Gasteiger partial charge in [-0.05, 0) is 73.9 Å². The number of aryl methyl sites for hydroxylation is 1. The molecule has 6 heterocycles. The summed E-state index contributed by atoms with van der Waals surface area (Å²) >= 11 is 1.58. The zero-order chi connectivity index (χ0) is 50.5. The lowest BCUT2D eigenvalue weighted by Crippen LogP contribution is -2.57. The van der Waals surface area contributed by atoms with Crippen LogP contribution < -0.4 is 16.0 Å². The van der Waals surface area contributed by atoms with Crippen molar-refractivity contribution in [3.8, 4) is 21.7 Å². The molecule has 3 aliphatic rings. The molecule has 9 rings (SSSR count). The number of unbranched alkanes of at least 4 members (excludes halogenated alkanes) is 4. The number of likely N-dealkylation sites (tertiary alicyclic amines) is 1. The Kier molecular flexibility index (Phi) is 15.4. The van der Waals surface area contributed by atoms with E-state index in [1.807, 2.05) is 68.1 Å². The van der Waals surface area contributed by atoms with Crippen molar-refractivity contribution in [2.45, 2.75) is 116 Å². The predicted molar refractivity (Wildman–Crippen MR) is 274 cm³/mol. The maximum atomic E-state index is 15.7. The number of benzene rings is 2. The Balaban J connectivity index is 0.676. The number of amides is 4. The number of nitrogens with zero attached hydrogens (tertiary/aromatic N) is 8. The molecule has 0 unspecified atom stereocenters. The van der Waals surface area contributed by atoms with Gasteiger partial charge in [-0.25, -0.2) is 19.3 Å². The van der Waals surface area contributed by atoms with Crippen LogP contribution in [0.1, 0.15) is 112 Å². The van der Waals surface area contributed by atoms with E-state index >= 15 is 4.39 Å². The third-order valence-electron chi connectivity index (χ3n) is 14.0. The molecule has 2 aliphatic heterocycles. The molecule has 3 atom stereocenters. The largest absolute Gasteiger partial charge is 0.391 e. The first-order chi connectivity index (χ1) is 34.7. The van der Waals surface area contributed by atoms with Crippen molar-refractivity contribution in [1.82, 2.24) is 54.9 Å². The number of carbonyl (C=O) groups is 4. The molecule has 0 radical (unpaired) electrons. The smallest absolute Gasteiger partial charge is 0.254 e. The van der Waals surface area contributed by atoms with Gasteiger partial charge in [0.2, 0.25) is 17.7 Å². The van der Waals surface area contributed by atoms with Crippen molar-refractivity contribution in [3.05, 3.63) is 101 Å². The Morgan fingerprint density at radius 3 is 2.40 bits per heavy atom. The van der Waals surface area contributed by atoms with Crippen molar-refractivity contribution in [1.29, 1.82) is 0 Å². The van der Waals surface area contributed by atoms with E-state index < -0.39 is 29.4 Å². The summed E-state index contributed by atoms with van der Waals surface area (Å²) in [7, 11) is 0. The van der Waals surface area contributed by atoms with Gasteiger partial charge in [-0.15, -0.1) is 11.3 Å². The summed E-state index contributed by atoms with van der Waals surface area (Å²) in [5.41, 5.74) is 7.84. The van der Waals surface area contributed by atoms with Gasteiger partial charge in [-0.2, -0.15) is 5.10 Å².